The van der Waals surface area contributed by atoms with Gasteiger partial charge in [0.1, 0.15) is 13.2 Å². The summed E-state index contributed by atoms with van der Waals surface area (Å²) in [5, 5.41) is 0. The molecule has 0 fully saturated rings. The topological polar surface area (TPSA) is 78.9 Å². The lowest BCUT2D eigenvalue weighted by Crippen LogP contribution is -2.30. The van der Waals surface area contributed by atoms with E-state index in [4.69, 9.17) is 14.2 Å². The quantitative estimate of drug-likeness (QED) is 0.0261. The Kier molecular flexibility index (Phi) is 61.2. The number of rotatable bonds is 60. The molecule has 0 N–H and O–H groups in total. The smallest absolute Gasteiger partial charge is 0.310 e. The second-order valence-corrected chi connectivity index (χ2v) is 22.0. The molecule has 0 spiro atoms. The lowest BCUT2D eigenvalue weighted by molar-refractivity contribution is -0.166. The first-order chi connectivity index (χ1) is 37.0. The van der Waals surface area contributed by atoms with E-state index in [2.05, 4.69) is 69.4 Å². The first-order valence-electron chi connectivity index (χ1n) is 32.8. The third-order valence-corrected chi connectivity index (χ3v) is 14.6. The van der Waals surface area contributed by atoms with Gasteiger partial charge in [0.15, 0.2) is 6.10 Å². The fourth-order valence-corrected chi connectivity index (χ4v) is 9.70. The van der Waals surface area contributed by atoms with Gasteiger partial charge in [-0.3, -0.25) is 14.4 Å². The molecule has 0 aliphatic heterocycles. The van der Waals surface area contributed by atoms with E-state index in [1.165, 1.54) is 231 Å². The largest absolute Gasteiger partial charge is 0.462 e. The van der Waals surface area contributed by atoms with E-state index in [-0.39, 0.29) is 31.6 Å². The van der Waals surface area contributed by atoms with Gasteiger partial charge >= 0.3 is 17.9 Å². The van der Waals surface area contributed by atoms with E-state index in [1.807, 2.05) is 6.08 Å². The number of allylic oxidation sites excluding steroid dienone is 9. The summed E-state index contributed by atoms with van der Waals surface area (Å²) >= 11 is 0. The van der Waals surface area contributed by atoms with Gasteiger partial charge in [0.2, 0.25) is 0 Å². The fourth-order valence-electron chi connectivity index (χ4n) is 9.70. The molecular weight excluding hydrogens is 925 g/mol. The lowest BCUT2D eigenvalue weighted by Gasteiger charge is -2.18. The Hall–Kier alpha value is -2.89. The molecule has 0 rings (SSSR count). The zero-order valence-corrected chi connectivity index (χ0v) is 50.1. The minimum atomic E-state index is -0.826. The Morgan fingerprint density at radius 2 is 0.507 bits per heavy atom. The monoisotopic (exact) mass is 1050 g/mol. The third-order valence-electron chi connectivity index (χ3n) is 14.6. The van der Waals surface area contributed by atoms with Crippen LogP contribution in [0.2, 0.25) is 0 Å². The summed E-state index contributed by atoms with van der Waals surface area (Å²) in [6, 6.07) is 0. The van der Waals surface area contributed by atoms with Crippen LogP contribution >= 0.6 is 0 Å². The van der Waals surface area contributed by atoms with Crippen LogP contribution in [-0.2, 0) is 28.6 Å². The van der Waals surface area contributed by atoms with Gasteiger partial charge in [-0.05, 0) is 44.9 Å². The van der Waals surface area contributed by atoms with Crippen molar-refractivity contribution in [2.45, 2.75) is 348 Å². The standard InChI is InChI=1S/C69H124O6/c1-4-7-10-13-16-19-22-25-28-29-30-31-32-33-34-35-36-37-38-39-40-42-44-47-50-53-56-59-62-68(71)74-65-66(64-73-67(70)61-58-55-52-49-46-43-27-24-21-18-15-12-9-6-3)75-69(72)63-60-57-54-51-48-45-41-26-23-20-17-14-11-8-5-2/h8,11,17,20,26,41,48,51,57,60,66H,4-7,9-10,12-16,18-19,21-25,27-40,42-47,49-50,52-56,58-59,61-65H2,1-3H3/b11-8-,20-17-,41-26-,51-48-,60-57-. The SMILES string of the molecule is CC/C=C\C/C=C\C/C=C\C/C=C\C/C=C\CC(=O)OC(COC(=O)CCCCCCCCCCCCCCCC)COC(=O)CCCCCCCCCCCCCCCCCCCCCCCCCCCCCC. The Morgan fingerprint density at radius 3 is 0.760 bits per heavy atom. The Balaban J connectivity index is 4.24. The van der Waals surface area contributed by atoms with Crippen molar-refractivity contribution in [3.63, 3.8) is 0 Å². The van der Waals surface area contributed by atoms with Crippen molar-refractivity contribution in [2.75, 3.05) is 13.2 Å². The van der Waals surface area contributed by atoms with Gasteiger partial charge in [-0.1, -0.05) is 338 Å². The van der Waals surface area contributed by atoms with E-state index >= 15 is 0 Å². The van der Waals surface area contributed by atoms with Crippen LogP contribution in [0.1, 0.15) is 342 Å². The van der Waals surface area contributed by atoms with E-state index in [0.717, 1.165) is 70.6 Å². The molecule has 0 amide bonds. The predicted octanol–water partition coefficient (Wildman–Crippen LogP) is 22.3. The molecule has 0 heterocycles. The minimum absolute atomic E-state index is 0.102. The van der Waals surface area contributed by atoms with Crippen molar-refractivity contribution < 1.29 is 28.6 Å². The zero-order valence-electron chi connectivity index (χ0n) is 50.1. The molecule has 6 nitrogen and oxygen atoms in total. The molecule has 436 valence electrons. The van der Waals surface area contributed by atoms with Gasteiger partial charge in [-0.2, -0.15) is 0 Å². The maximum absolute atomic E-state index is 12.8. The molecule has 0 saturated heterocycles. The number of ether oxygens (including phenoxy) is 3. The van der Waals surface area contributed by atoms with Crippen LogP contribution in [0.3, 0.4) is 0 Å². The molecule has 0 aromatic carbocycles. The van der Waals surface area contributed by atoms with Crippen molar-refractivity contribution in [1.29, 1.82) is 0 Å². The summed E-state index contributed by atoms with van der Waals surface area (Å²) in [6.07, 6.45) is 81.4. The Labute approximate surface area is 466 Å². The molecule has 75 heavy (non-hydrogen) atoms. The number of unbranched alkanes of at least 4 members (excludes halogenated alkanes) is 40. The van der Waals surface area contributed by atoms with Gasteiger partial charge in [0.05, 0.1) is 6.42 Å². The molecule has 0 aromatic rings. The molecule has 6 heteroatoms. The van der Waals surface area contributed by atoms with Crippen LogP contribution in [0.25, 0.3) is 0 Å². The van der Waals surface area contributed by atoms with Crippen molar-refractivity contribution >= 4 is 17.9 Å². The normalized spacial score (nSPS) is 12.4. The van der Waals surface area contributed by atoms with E-state index in [0.29, 0.717) is 12.8 Å². The maximum Gasteiger partial charge on any atom is 0.310 e. The van der Waals surface area contributed by atoms with E-state index in [1.54, 1.807) is 6.08 Å². The molecule has 0 bridgehead atoms. The number of carbonyl (C=O) groups excluding carboxylic acids is 3. The van der Waals surface area contributed by atoms with Gasteiger partial charge in [-0.25, -0.2) is 0 Å². The van der Waals surface area contributed by atoms with Gasteiger partial charge in [0, 0.05) is 12.8 Å². The average molecular weight is 1050 g/mol. The highest BCUT2D eigenvalue weighted by atomic mass is 16.6. The van der Waals surface area contributed by atoms with Crippen LogP contribution in [0, 0.1) is 0 Å². The second kappa shape index (κ2) is 63.6. The first kappa shape index (κ1) is 72.1. The number of hydrogen-bond acceptors (Lipinski definition) is 6. The van der Waals surface area contributed by atoms with Gasteiger partial charge in [-0.15, -0.1) is 0 Å². The summed E-state index contributed by atoms with van der Waals surface area (Å²) in [4.78, 5) is 38.2. The predicted molar refractivity (Wildman–Crippen MR) is 325 cm³/mol. The first-order valence-corrected chi connectivity index (χ1v) is 32.8. The van der Waals surface area contributed by atoms with Crippen molar-refractivity contribution in [2.24, 2.45) is 0 Å². The van der Waals surface area contributed by atoms with Gasteiger partial charge in [0.25, 0.3) is 0 Å². The molecule has 1 unspecified atom stereocenters. The highest BCUT2D eigenvalue weighted by Crippen LogP contribution is 2.18. The zero-order chi connectivity index (χ0) is 54.3. The molecule has 0 aliphatic carbocycles. The molecule has 0 saturated carbocycles. The van der Waals surface area contributed by atoms with Crippen LogP contribution in [0.15, 0.2) is 60.8 Å². The summed E-state index contributed by atoms with van der Waals surface area (Å²) in [5.74, 6) is -1.02. The van der Waals surface area contributed by atoms with Crippen molar-refractivity contribution in [3.05, 3.63) is 60.8 Å². The second-order valence-electron chi connectivity index (χ2n) is 22.0. The number of esters is 3. The molecule has 1 atom stereocenters. The van der Waals surface area contributed by atoms with Gasteiger partial charge < -0.3 is 14.2 Å². The van der Waals surface area contributed by atoms with Crippen LogP contribution in [0.4, 0.5) is 0 Å². The fraction of sp³-hybridized carbons (Fsp3) is 0.812. The minimum Gasteiger partial charge on any atom is -0.462 e. The van der Waals surface area contributed by atoms with Crippen LogP contribution in [0.5, 0.6) is 0 Å². The molecule has 0 aromatic heterocycles. The van der Waals surface area contributed by atoms with E-state index in [9.17, 15) is 14.4 Å². The Morgan fingerprint density at radius 1 is 0.280 bits per heavy atom. The van der Waals surface area contributed by atoms with Crippen molar-refractivity contribution in [3.8, 4) is 0 Å². The summed E-state index contributed by atoms with van der Waals surface area (Å²) in [7, 11) is 0. The van der Waals surface area contributed by atoms with E-state index < -0.39 is 12.1 Å². The number of hydrogen-bond donors (Lipinski definition) is 0. The highest BCUT2D eigenvalue weighted by molar-refractivity contribution is 5.72. The lowest BCUT2D eigenvalue weighted by atomic mass is 10.0. The third kappa shape index (κ3) is 61.8. The summed E-state index contributed by atoms with van der Waals surface area (Å²) < 4.78 is 16.8. The molecule has 0 aliphatic rings. The highest BCUT2D eigenvalue weighted by Gasteiger charge is 2.19. The molecular formula is C69H124O6. The number of carbonyl (C=O) groups is 3. The van der Waals surface area contributed by atoms with Crippen molar-refractivity contribution in [1.82, 2.24) is 0 Å². The van der Waals surface area contributed by atoms with Crippen LogP contribution < -0.4 is 0 Å². The maximum atomic E-state index is 12.8. The average Bonchev–Trinajstić information content (AvgIpc) is 3.41. The van der Waals surface area contributed by atoms with Crippen LogP contribution in [-0.4, -0.2) is 37.2 Å². The Bertz CT molecular complexity index is 1340. The summed E-state index contributed by atoms with van der Waals surface area (Å²) in [6.45, 7) is 6.49. The molecule has 0 radical (unpaired) electrons. The summed E-state index contributed by atoms with van der Waals surface area (Å²) in [5.41, 5.74) is 0.